The van der Waals surface area contributed by atoms with Crippen molar-refractivity contribution in [3.05, 3.63) is 23.0 Å². The molecule has 0 unspecified atom stereocenters. The van der Waals surface area contributed by atoms with Crippen LogP contribution in [0.15, 0.2) is 6.20 Å². The zero-order valence-electron chi connectivity index (χ0n) is 7.46. The Hall–Kier alpha value is -1.09. The van der Waals surface area contributed by atoms with Crippen molar-refractivity contribution in [3.8, 4) is 5.75 Å². The maximum Gasteiger partial charge on any atom is 0.140 e. The molecular formula is C9H14N2O. The van der Waals surface area contributed by atoms with Crippen LogP contribution in [0, 0.1) is 13.8 Å². The van der Waals surface area contributed by atoms with Crippen LogP contribution in [0.5, 0.6) is 5.75 Å². The largest absolute Gasteiger partial charge is 0.506 e. The van der Waals surface area contributed by atoms with E-state index in [4.69, 9.17) is 5.73 Å². The predicted octanol–water partition coefficient (Wildman–Crippen LogP) is 0.905. The van der Waals surface area contributed by atoms with Gasteiger partial charge in [-0.05, 0) is 31.5 Å². The van der Waals surface area contributed by atoms with Crippen LogP contribution in [0.3, 0.4) is 0 Å². The van der Waals surface area contributed by atoms with Gasteiger partial charge in [0.05, 0.1) is 5.69 Å². The number of rotatable bonds is 2. The molecule has 0 aliphatic heterocycles. The number of pyridine rings is 1. The van der Waals surface area contributed by atoms with Gasteiger partial charge < -0.3 is 10.8 Å². The van der Waals surface area contributed by atoms with E-state index in [1.54, 1.807) is 6.20 Å². The molecule has 0 bridgehead atoms. The first kappa shape index (κ1) is 9.00. The number of nitrogens with zero attached hydrogens (tertiary/aromatic N) is 1. The third-order valence-corrected chi connectivity index (χ3v) is 2.02. The van der Waals surface area contributed by atoms with Crippen LogP contribution in [-0.2, 0) is 6.42 Å². The van der Waals surface area contributed by atoms with Gasteiger partial charge in [0.25, 0.3) is 0 Å². The Morgan fingerprint density at radius 1 is 1.50 bits per heavy atom. The molecule has 1 aromatic heterocycles. The van der Waals surface area contributed by atoms with Crippen molar-refractivity contribution in [2.75, 3.05) is 6.54 Å². The fourth-order valence-electron chi connectivity index (χ4n) is 1.06. The Kier molecular flexibility index (Phi) is 2.65. The number of nitrogens with two attached hydrogens (primary N) is 1. The molecule has 0 aliphatic carbocycles. The second-order valence-electron chi connectivity index (χ2n) is 2.90. The highest BCUT2D eigenvalue weighted by Gasteiger charge is 2.06. The van der Waals surface area contributed by atoms with E-state index in [1.165, 1.54) is 0 Å². The first-order chi connectivity index (χ1) is 5.66. The van der Waals surface area contributed by atoms with Crippen molar-refractivity contribution < 1.29 is 5.11 Å². The van der Waals surface area contributed by atoms with Crippen molar-refractivity contribution in [2.24, 2.45) is 5.73 Å². The molecule has 3 heteroatoms. The summed E-state index contributed by atoms with van der Waals surface area (Å²) in [6.07, 6.45) is 2.40. The zero-order valence-corrected chi connectivity index (χ0v) is 7.46. The van der Waals surface area contributed by atoms with Gasteiger partial charge in [-0.3, -0.25) is 4.98 Å². The fraction of sp³-hybridized carbons (Fsp3) is 0.444. The highest BCUT2D eigenvalue weighted by Crippen LogP contribution is 2.22. The van der Waals surface area contributed by atoms with Crippen molar-refractivity contribution in [1.82, 2.24) is 4.98 Å². The third-order valence-electron chi connectivity index (χ3n) is 2.02. The van der Waals surface area contributed by atoms with Crippen LogP contribution >= 0.6 is 0 Å². The quantitative estimate of drug-likeness (QED) is 0.686. The monoisotopic (exact) mass is 166 g/mol. The number of aromatic hydroxyl groups is 1. The average Bonchev–Trinajstić information content (AvgIpc) is 2.07. The lowest BCUT2D eigenvalue weighted by molar-refractivity contribution is 0.459. The lowest BCUT2D eigenvalue weighted by Crippen LogP contribution is -2.05. The van der Waals surface area contributed by atoms with E-state index < -0.39 is 0 Å². The van der Waals surface area contributed by atoms with Crippen molar-refractivity contribution in [1.29, 1.82) is 0 Å². The molecule has 1 aromatic rings. The number of hydrogen-bond donors (Lipinski definition) is 2. The topological polar surface area (TPSA) is 59.1 Å². The molecule has 3 N–H and O–H groups in total. The van der Waals surface area contributed by atoms with Gasteiger partial charge in [0, 0.05) is 12.6 Å². The smallest absolute Gasteiger partial charge is 0.140 e. The van der Waals surface area contributed by atoms with E-state index in [2.05, 4.69) is 4.98 Å². The van der Waals surface area contributed by atoms with E-state index in [0.29, 0.717) is 24.4 Å². The van der Waals surface area contributed by atoms with E-state index in [1.807, 2.05) is 13.8 Å². The first-order valence-electron chi connectivity index (χ1n) is 4.01. The Morgan fingerprint density at radius 2 is 2.17 bits per heavy atom. The predicted molar refractivity (Wildman–Crippen MR) is 48.1 cm³/mol. The Balaban J connectivity index is 3.08. The summed E-state index contributed by atoms with van der Waals surface area (Å²) in [5, 5.41) is 9.59. The summed E-state index contributed by atoms with van der Waals surface area (Å²) in [5.74, 6) is 0.292. The molecule has 0 amide bonds. The van der Waals surface area contributed by atoms with Crippen molar-refractivity contribution in [2.45, 2.75) is 20.3 Å². The minimum absolute atomic E-state index is 0.292. The van der Waals surface area contributed by atoms with Gasteiger partial charge in [0.1, 0.15) is 5.75 Å². The number of hydrogen-bond acceptors (Lipinski definition) is 3. The lowest BCUT2D eigenvalue weighted by atomic mass is 10.1. The molecule has 0 saturated heterocycles. The molecule has 0 aromatic carbocycles. The van der Waals surface area contributed by atoms with Gasteiger partial charge in [0.2, 0.25) is 0 Å². The molecule has 0 fully saturated rings. The normalized spacial score (nSPS) is 10.2. The molecule has 0 saturated carbocycles. The Morgan fingerprint density at radius 3 is 2.75 bits per heavy atom. The lowest BCUT2D eigenvalue weighted by Gasteiger charge is -2.06. The fourth-order valence-corrected chi connectivity index (χ4v) is 1.06. The molecule has 1 heterocycles. The van der Waals surface area contributed by atoms with Gasteiger partial charge in [0.15, 0.2) is 0 Å². The summed E-state index contributed by atoms with van der Waals surface area (Å²) >= 11 is 0. The van der Waals surface area contributed by atoms with E-state index >= 15 is 0 Å². The molecular weight excluding hydrogens is 152 g/mol. The highest BCUT2D eigenvalue weighted by molar-refractivity contribution is 5.39. The minimum Gasteiger partial charge on any atom is -0.506 e. The van der Waals surface area contributed by atoms with Gasteiger partial charge in [-0.25, -0.2) is 0 Å². The van der Waals surface area contributed by atoms with Gasteiger partial charge in [-0.15, -0.1) is 0 Å². The first-order valence-corrected chi connectivity index (χ1v) is 4.01. The average molecular weight is 166 g/mol. The summed E-state index contributed by atoms with van der Waals surface area (Å²) in [6, 6.07) is 0. The van der Waals surface area contributed by atoms with Crippen LogP contribution in [0.2, 0.25) is 0 Å². The van der Waals surface area contributed by atoms with Crippen LogP contribution in [0.1, 0.15) is 16.8 Å². The van der Waals surface area contributed by atoms with Crippen LogP contribution < -0.4 is 5.73 Å². The van der Waals surface area contributed by atoms with Crippen molar-refractivity contribution >= 4 is 0 Å². The molecule has 3 nitrogen and oxygen atoms in total. The summed E-state index contributed by atoms with van der Waals surface area (Å²) in [5.41, 5.74) is 7.97. The van der Waals surface area contributed by atoms with Crippen LogP contribution in [0.25, 0.3) is 0 Å². The Labute approximate surface area is 72.2 Å². The second kappa shape index (κ2) is 3.54. The minimum atomic E-state index is 0.292. The third kappa shape index (κ3) is 1.56. The van der Waals surface area contributed by atoms with Crippen LogP contribution in [-0.4, -0.2) is 16.6 Å². The summed E-state index contributed by atoms with van der Waals surface area (Å²) < 4.78 is 0. The van der Waals surface area contributed by atoms with E-state index in [-0.39, 0.29) is 0 Å². The molecule has 12 heavy (non-hydrogen) atoms. The molecule has 0 radical (unpaired) electrons. The summed E-state index contributed by atoms with van der Waals surface area (Å²) in [4.78, 5) is 4.10. The molecule has 0 aliphatic rings. The van der Waals surface area contributed by atoms with Gasteiger partial charge in [-0.2, -0.15) is 0 Å². The number of aromatic nitrogens is 1. The van der Waals surface area contributed by atoms with Crippen molar-refractivity contribution in [3.63, 3.8) is 0 Å². The number of aryl methyl sites for hydroxylation is 1. The standard InChI is InChI=1S/C9H14N2O/c1-6-5-11-8(3-4-10)9(12)7(6)2/h5,12H,3-4,10H2,1-2H3. The molecule has 0 atom stereocenters. The molecule has 1 rings (SSSR count). The van der Waals surface area contributed by atoms with Gasteiger partial charge in [-0.1, -0.05) is 0 Å². The zero-order chi connectivity index (χ0) is 9.14. The van der Waals surface area contributed by atoms with E-state index in [0.717, 1.165) is 11.1 Å². The summed E-state index contributed by atoms with van der Waals surface area (Å²) in [6.45, 7) is 4.32. The van der Waals surface area contributed by atoms with E-state index in [9.17, 15) is 5.11 Å². The maximum absolute atomic E-state index is 9.59. The Bertz CT molecular complexity index is 284. The van der Waals surface area contributed by atoms with Gasteiger partial charge >= 0.3 is 0 Å². The highest BCUT2D eigenvalue weighted by atomic mass is 16.3. The van der Waals surface area contributed by atoms with Crippen LogP contribution in [0.4, 0.5) is 0 Å². The maximum atomic E-state index is 9.59. The molecule has 66 valence electrons. The summed E-state index contributed by atoms with van der Waals surface area (Å²) in [7, 11) is 0. The second-order valence-corrected chi connectivity index (χ2v) is 2.90. The SMILES string of the molecule is Cc1cnc(CCN)c(O)c1C. The molecule has 0 spiro atoms.